The normalized spacial score (nSPS) is 12.2. The Hall–Kier alpha value is -1.80. The molecule has 0 unspecified atom stereocenters. The average Bonchev–Trinajstić information content (AvgIpc) is 2.55. The molecule has 7 nitrogen and oxygen atoms in total. The minimum Gasteiger partial charge on any atom is -0.444 e. The summed E-state index contributed by atoms with van der Waals surface area (Å²) in [4.78, 5) is 29.4. The lowest BCUT2D eigenvalue weighted by Gasteiger charge is -2.24. The van der Waals surface area contributed by atoms with Crippen LogP contribution in [0.15, 0.2) is 30.3 Å². The van der Waals surface area contributed by atoms with E-state index in [4.69, 9.17) is 14.3 Å². The zero-order chi connectivity index (χ0) is 19.6. The Morgan fingerprint density at radius 1 is 1.23 bits per heavy atom. The number of rotatable bonds is 8. The van der Waals surface area contributed by atoms with Crippen LogP contribution in [-0.4, -0.2) is 47.4 Å². The smallest absolute Gasteiger partial charge is 0.434 e. The van der Waals surface area contributed by atoms with Crippen LogP contribution in [0.4, 0.5) is 9.59 Å². The highest BCUT2D eigenvalue weighted by atomic mass is 79.9. The molecule has 0 saturated heterocycles. The van der Waals surface area contributed by atoms with E-state index in [0.717, 1.165) is 10.6 Å². The lowest BCUT2D eigenvalue weighted by atomic mass is 10.2. The molecular formula is C18H27BrN2O5. The minimum atomic E-state index is -0.585. The number of benzene rings is 1. The van der Waals surface area contributed by atoms with Crippen molar-refractivity contribution in [3.63, 3.8) is 0 Å². The van der Waals surface area contributed by atoms with Gasteiger partial charge in [-0.05, 0) is 33.3 Å². The third-order valence-electron chi connectivity index (χ3n) is 2.94. The van der Waals surface area contributed by atoms with E-state index < -0.39 is 17.8 Å². The monoisotopic (exact) mass is 430 g/mol. The van der Waals surface area contributed by atoms with Crippen molar-refractivity contribution < 1.29 is 23.9 Å². The number of hydrogen-bond acceptors (Lipinski definition) is 5. The summed E-state index contributed by atoms with van der Waals surface area (Å²) in [7, 11) is 0. The molecule has 1 atom stereocenters. The molecule has 0 heterocycles. The molecule has 8 heteroatoms. The van der Waals surface area contributed by atoms with Gasteiger partial charge in [-0.3, -0.25) is 4.84 Å². The maximum absolute atomic E-state index is 12.2. The third-order valence-corrected chi connectivity index (χ3v) is 3.29. The van der Waals surface area contributed by atoms with Gasteiger partial charge in [-0.25, -0.2) is 9.59 Å². The fraction of sp³-hybridized carbons (Fsp3) is 0.556. The fourth-order valence-corrected chi connectivity index (χ4v) is 2.15. The first kappa shape index (κ1) is 22.2. The molecule has 0 saturated carbocycles. The molecule has 26 heavy (non-hydrogen) atoms. The predicted molar refractivity (Wildman–Crippen MR) is 102 cm³/mol. The van der Waals surface area contributed by atoms with Crippen LogP contribution in [0.3, 0.4) is 0 Å². The number of hydrogen-bond donors (Lipinski definition) is 1. The van der Waals surface area contributed by atoms with E-state index >= 15 is 0 Å². The first-order valence-electron chi connectivity index (χ1n) is 8.38. The molecule has 1 rings (SSSR count). The van der Waals surface area contributed by atoms with E-state index in [1.807, 2.05) is 30.3 Å². The number of hydroxylamine groups is 2. The average molecular weight is 431 g/mol. The standard InChI is InChI=1S/C18H27BrN2O5/c1-14(20-16(22)26-18(2,3)4)12-25-21(11-10-19)17(23)24-13-15-8-6-5-7-9-15/h5-9,14H,10-13H2,1-4H3,(H,20,22)/t14-/m1/s1. The second-order valence-electron chi connectivity index (χ2n) is 6.67. The number of alkyl halides is 1. The number of nitrogens with zero attached hydrogens (tertiary/aromatic N) is 1. The molecule has 0 aliphatic heterocycles. The first-order valence-corrected chi connectivity index (χ1v) is 9.50. The molecule has 2 amide bonds. The summed E-state index contributed by atoms with van der Waals surface area (Å²) in [6.45, 7) is 7.69. The molecule has 0 bridgehead atoms. The Balaban J connectivity index is 2.43. The van der Waals surface area contributed by atoms with Gasteiger partial charge < -0.3 is 14.8 Å². The number of halogens is 1. The highest BCUT2D eigenvalue weighted by molar-refractivity contribution is 9.09. The van der Waals surface area contributed by atoms with Crippen LogP contribution in [-0.2, 0) is 20.9 Å². The molecule has 146 valence electrons. The quantitative estimate of drug-likeness (QED) is 0.500. The maximum Gasteiger partial charge on any atom is 0.434 e. The number of nitrogens with one attached hydrogen (secondary N) is 1. The van der Waals surface area contributed by atoms with Gasteiger partial charge in [-0.15, -0.1) is 0 Å². The van der Waals surface area contributed by atoms with E-state index in [0.29, 0.717) is 11.9 Å². The number of alkyl carbamates (subject to hydrolysis) is 1. The van der Waals surface area contributed by atoms with Crippen LogP contribution in [0, 0.1) is 0 Å². The van der Waals surface area contributed by atoms with Gasteiger partial charge in [0.2, 0.25) is 0 Å². The molecule has 0 aromatic heterocycles. The van der Waals surface area contributed by atoms with Crippen LogP contribution in [0.5, 0.6) is 0 Å². The van der Waals surface area contributed by atoms with Crippen LogP contribution < -0.4 is 5.32 Å². The van der Waals surface area contributed by atoms with E-state index in [1.165, 1.54) is 0 Å². The molecule has 0 aliphatic carbocycles. The van der Waals surface area contributed by atoms with Crippen LogP contribution in [0.25, 0.3) is 0 Å². The summed E-state index contributed by atoms with van der Waals surface area (Å²) in [5.41, 5.74) is 0.313. The Labute approximate surface area is 163 Å². The summed E-state index contributed by atoms with van der Waals surface area (Å²) in [6, 6.07) is 9.04. The Bertz CT molecular complexity index is 562. The first-order chi connectivity index (χ1) is 12.2. The van der Waals surface area contributed by atoms with Gasteiger partial charge in [0.05, 0.1) is 19.2 Å². The summed E-state index contributed by atoms with van der Waals surface area (Å²) in [6.07, 6.45) is -1.12. The van der Waals surface area contributed by atoms with Gasteiger partial charge in [0.15, 0.2) is 0 Å². The van der Waals surface area contributed by atoms with Crippen molar-refractivity contribution in [3.8, 4) is 0 Å². The van der Waals surface area contributed by atoms with Crippen LogP contribution in [0.2, 0.25) is 0 Å². The Kier molecular flexibility index (Phi) is 9.43. The molecule has 0 fully saturated rings. The molecule has 1 N–H and O–H groups in total. The maximum atomic E-state index is 12.2. The van der Waals surface area contributed by atoms with Gasteiger partial charge in [-0.1, -0.05) is 46.3 Å². The predicted octanol–water partition coefficient (Wildman–Crippen LogP) is 3.86. The van der Waals surface area contributed by atoms with E-state index in [2.05, 4.69) is 21.2 Å². The molecular weight excluding hydrogens is 404 g/mol. The highest BCUT2D eigenvalue weighted by Gasteiger charge is 2.20. The third kappa shape index (κ3) is 9.62. The SMILES string of the molecule is C[C@H](CON(CCBr)C(=O)OCc1ccccc1)NC(=O)OC(C)(C)C. The van der Waals surface area contributed by atoms with Gasteiger partial charge >= 0.3 is 12.2 Å². The van der Waals surface area contributed by atoms with Crippen molar-refractivity contribution >= 4 is 28.1 Å². The number of ether oxygens (including phenoxy) is 2. The topological polar surface area (TPSA) is 77.1 Å². The summed E-state index contributed by atoms with van der Waals surface area (Å²) < 4.78 is 10.4. The van der Waals surface area contributed by atoms with E-state index in [9.17, 15) is 9.59 Å². The molecule has 0 radical (unpaired) electrons. The zero-order valence-electron chi connectivity index (χ0n) is 15.7. The lowest BCUT2D eigenvalue weighted by Crippen LogP contribution is -2.42. The number of carbonyl (C=O) groups is 2. The van der Waals surface area contributed by atoms with Crippen molar-refractivity contribution in [1.82, 2.24) is 10.4 Å². The summed E-state index contributed by atoms with van der Waals surface area (Å²) in [5, 5.41) is 4.31. The molecule has 0 spiro atoms. The summed E-state index contributed by atoms with van der Waals surface area (Å²) >= 11 is 3.28. The van der Waals surface area contributed by atoms with Crippen molar-refractivity contribution in [2.75, 3.05) is 18.5 Å². The van der Waals surface area contributed by atoms with Gasteiger partial charge in [0.25, 0.3) is 0 Å². The Morgan fingerprint density at radius 2 is 1.88 bits per heavy atom. The van der Waals surface area contributed by atoms with Gasteiger partial charge in [-0.2, -0.15) is 5.06 Å². The molecule has 1 aromatic carbocycles. The van der Waals surface area contributed by atoms with Crippen LogP contribution >= 0.6 is 15.9 Å². The van der Waals surface area contributed by atoms with Crippen molar-refractivity contribution in [3.05, 3.63) is 35.9 Å². The largest absolute Gasteiger partial charge is 0.444 e. The van der Waals surface area contributed by atoms with Crippen LogP contribution in [0.1, 0.15) is 33.3 Å². The van der Waals surface area contributed by atoms with Gasteiger partial charge in [0, 0.05) is 5.33 Å². The number of carbonyl (C=O) groups excluding carboxylic acids is 2. The lowest BCUT2D eigenvalue weighted by molar-refractivity contribution is -0.138. The van der Waals surface area contributed by atoms with Crippen molar-refractivity contribution in [2.45, 2.75) is 45.9 Å². The minimum absolute atomic E-state index is 0.104. The second kappa shape index (κ2) is 11.0. The van der Waals surface area contributed by atoms with Gasteiger partial charge in [0.1, 0.15) is 12.2 Å². The van der Waals surface area contributed by atoms with E-state index in [-0.39, 0.29) is 19.3 Å². The second-order valence-corrected chi connectivity index (χ2v) is 7.47. The molecule has 0 aliphatic rings. The number of amides is 2. The Morgan fingerprint density at radius 3 is 2.46 bits per heavy atom. The van der Waals surface area contributed by atoms with E-state index in [1.54, 1.807) is 27.7 Å². The zero-order valence-corrected chi connectivity index (χ0v) is 17.2. The van der Waals surface area contributed by atoms with Crippen molar-refractivity contribution in [2.24, 2.45) is 0 Å². The van der Waals surface area contributed by atoms with Crippen molar-refractivity contribution in [1.29, 1.82) is 0 Å². The highest BCUT2D eigenvalue weighted by Crippen LogP contribution is 2.08. The fourth-order valence-electron chi connectivity index (χ4n) is 1.83. The molecule has 1 aromatic rings. The summed E-state index contributed by atoms with van der Waals surface area (Å²) in [5.74, 6) is 0.